The van der Waals surface area contributed by atoms with E-state index in [1.165, 1.54) is 0 Å². The molecule has 0 aromatic heterocycles. The van der Waals surface area contributed by atoms with E-state index in [9.17, 15) is 5.11 Å². The molecule has 0 atom stereocenters. The van der Waals surface area contributed by atoms with Gasteiger partial charge in [0.15, 0.2) is 11.5 Å². The van der Waals surface area contributed by atoms with Gasteiger partial charge in [-0.2, -0.15) is 0 Å². The Bertz CT molecular complexity index is 459. The summed E-state index contributed by atoms with van der Waals surface area (Å²) in [5.74, 6) is 3.00. The van der Waals surface area contributed by atoms with Crippen LogP contribution < -0.4 is 9.47 Å². The Kier molecular flexibility index (Phi) is 3.17. The van der Waals surface area contributed by atoms with Crippen molar-refractivity contribution < 1.29 is 14.6 Å². The van der Waals surface area contributed by atoms with Gasteiger partial charge in [-0.1, -0.05) is 19.9 Å². The number of rotatable bonds is 2. The molecule has 0 bridgehead atoms. The van der Waals surface area contributed by atoms with Crippen molar-refractivity contribution in [1.29, 1.82) is 0 Å². The molecule has 1 saturated carbocycles. The summed E-state index contributed by atoms with van der Waals surface area (Å²) in [7, 11) is 0. The molecule has 1 aliphatic carbocycles. The van der Waals surface area contributed by atoms with E-state index in [0.29, 0.717) is 5.92 Å². The monoisotopic (exact) mass is 262 g/mol. The molecule has 0 spiro atoms. The average Bonchev–Trinajstić information content (AvgIpc) is 2.86. The largest absolute Gasteiger partial charge is 0.454 e. The molecule has 3 heteroatoms. The van der Waals surface area contributed by atoms with E-state index < -0.39 is 5.60 Å². The Morgan fingerprint density at radius 2 is 1.84 bits per heavy atom. The van der Waals surface area contributed by atoms with Crippen LogP contribution in [0.5, 0.6) is 11.5 Å². The molecular formula is C16H22O3. The number of hydrogen-bond acceptors (Lipinski definition) is 3. The lowest BCUT2D eigenvalue weighted by Gasteiger charge is -2.38. The molecule has 3 rings (SSSR count). The van der Waals surface area contributed by atoms with Crippen molar-refractivity contribution in [3.8, 4) is 11.5 Å². The molecule has 3 nitrogen and oxygen atoms in total. The predicted octanol–water partition coefficient (Wildman–Crippen LogP) is 3.45. The zero-order valence-corrected chi connectivity index (χ0v) is 11.7. The average molecular weight is 262 g/mol. The lowest BCUT2D eigenvalue weighted by atomic mass is 9.72. The van der Waals surface area contributed by atoms with Crippen LogP contribution >= 0.6 is 0 Å². The predicted molar refractivity (Wildman–Crippen MR) is 73.3 cm³/mol. The highest BCUT2D eigenvalue weighted by molar-refractivity contribution is 5.46. The SMILES string of the molecule is CC(C)C1CCC(O)(c2ccc3c(c2)OCO3)CC1. The maximum absolute atomic E-state index is 10.9. The summed E-state index contributed by atoms with van der Waals surface area (Å²) >= 11 is 0. The fourth-order valence-electron chi connectivity index (χ4n) is 3.26. The maximum Gasteiger partial charge on any atom is 0.231 e. The molecule has 2 aliphatic rings. The van der Waals surface area contributed by atoms with Crippen LogP contribution in [0.1, 0.15) is 45.1 Å². The molecule has 104 valence electrons. The van der Waals surface area contributed by atoms with Crippen molar-refractivity contribution in [1.82, 2.24) is 0 Å². The van der Waals surface area contributed by atoms with E-state index in [-0.39, 0.29) is 6.79 Å². The van der Waals surface area contributed by atoms with Crippen LogP contribution in [0.15, 0.2) is 18.2 Å². The molecule has 1 N–H and O–H groups in total. The molecule has 1 heterocycles. The minimum atomic E-state index is -0.688. The summed E-state index contributed by atoms with van der Waals surface area (Å²) in [5, 5.41) is 10.9. The molecule has 1 aromatic carbocycles. The highest BCUT2D eigenvalue weighted by Crippen LogP contribution is 2.44. The number of benzene rings is 1. The van der Waals surface area contributed by atoms with Gasteiger partial charge in [-0.15, -0.1) is 0 Å². The molecule has 0 radical (unpaired) electrons. The van der Waals surface area contributed by atoms with Crippen LogP contribution in [0.3, 0.4) is 0 Å². The first-order valence-corrected chi connectivity index (χ1v) is 7.21. The lowest BCUT2D eigenvalue weighted by Crippen LogP contribution is -2.32. The molecule has 0 unspecified atom stereocenters. The van der Waals surface area contributed by atoms with Crippen LogP contribution in [0.25, 0.3) is 0 Å². The highest BCUT2D eigenvalue weighted by atomic mass is 16.7. The van der Waals surface area contributed by atoms with E-state index in [1.807, 2.05) is 18.2 Å². The second-order valence-electron chi connectivity index (χ2n) is 6.18. The Morgan fingerprint density at radius 1 is 1.16 bits per heavy atom. The van der Waals surface area contributed by atoms with Crippen molar-refractivity contribution in [3.05, 3.63) is 23.8 Å². The van der Waals surface area contributed by atoms with Gasteiger partial charge >= 0.3 is 0 Å². The zero-order valence-electron chi connectivity index (χ0n) is 11.7. The number of fused-ring (bicyclic) bond motifs is 1. The van der Waals surface area contributed by atoms with Crippen LogP contribution in [0.2, 0.25) is 0 Å². The number of hydrogen-bond donors (Lipinski definition) is 1. The first kappa shape index (κ1) is 12.8. The fraction of sp³-hybridized carbons (Fsp3) is 0.625. The van der Waals surface area contributed by atoms with Gasteiger partial charge < -0.3 is 14.6 Å². The molecule has 1 fully saturated rings. The Hall–Kier alpha value is -1.22. The summed E-state index contributed by atoms with van der Waals surface area (Å²) in [6.07, 6.45) is 3.89. The molecule has 1 aromatic rings. The van der Waals surface area contributed by atoms with Crippen LogP contribution in [0.4, 0.5) is 0 Å². The van der Waals surface area contributed by atoms with Crippen LogP contribution in [-0.2, 0) is 5.60 Å². The van der Waals surface area contributed by atoms with Crippen molar-refractivity contribution in [2.45, 2.75) is 45.1 Å². The molecule has 0 amide bonds. The van der Waals surface area contributed by atoms with E-state index in [1.54, 1.807) is 0 Å². The van der Waals surface area contributed by atoms with Gasteiger partial charge in [-0.25, -0.2) is 0 Å². The number of ether oxygens (including phenoxy) is 2. The van der Waals surface area contributed by atoms with Crippen molar-refractivity contribution in [3.63, 3.8) is 0 Å². The van der Waals surface area contributed by atoms with Crippen LogP contribution in [-0.4, -0.2) is 11.9 Å². The van der Waals surface area contributed by atoms with E-state index in [2.05, 4.69) is 13.8 Å². The molecule has 1 aliphatic heterocycles. The van der Waals surface area contributed by atoms with Crippen molar-refractivity contribution >= 4 is 0 Å². The number of aliphatic hydroxyl groups is 1. The molecular weight excluding hydrogens is 240 g/mol. The third kappa shape index (κ3) is 2.32. The van der Waals surface area contributed by atoms with Gasteiger partial charge in [0.25, 0.3) is 0 Å². The summed E-state index contributed by atoms with van der Waals surface area (Å²) in [6, 6.07) is 5.82. The molecule has 0 saturated heterocycles. The lowest BCUT2D eigenvalue weighted by molar-refractivity contribution is -0.0200. The van der Waals surface area contributed by atoms with Crippen molar-refractivity contribution in [2.75, 3.05) is 6.79 Å². The summed E-state index contributed by atoms with van der Waals surface area (Å²) < 4.78 is 10.7. The Morgan fingerprint density at radius 3 is 2.53 bits per heavy atom. The van der Waals surface area contributed by atoms with Crippen LogP contribution in [0, 0.1) is 11.8 Å². The highest BCUT2D eigenvalue weighted by Gasteiger charge is 2.36. The topological polar surface area (TPSA) is 38.7 Å². The minimum absolute atomic E-state index is 0.284. The van der Waals surface area contributed by atoms with Gasteiger partial charge in [-0.3, -0.25) is 0 Å². The first-order valence-electron chi connectivity index (χ1n) is 7.21. The van der Waals surface area contributed by atoms with Gasteiger partial charge in [0, 0.05) is 0 Å². The second-order valence-corrected chi connectivity index (χ2v) is 6.18. The van der Waals surface area contributed by atoms with Gasteiger partial charge in [0.1, 0.15) is 0 Å². The van der Waals surface area contributed by atoms with E-state index in [0.717, 1.165) is 48.7 Å². The Balaban J connectivity index is 1.78. The van der Waals surface area contributed by atoms with Gasteiger partial charge in [0.05, 0.1) is 5.60 Å². The third-order valence-corrected chi connectivity index (χ3v) is 4.71. The molecule has 19 heavy (non-hydrogen) atoms. The fourth-order valence-corrected chi connectivity index (χ4v) is 3.26. The third-order valence-electron chi connectivity index (χ3n) is 4.71. The quantitative estimate of drug-likeness (QED) is 0.887. The summed E-state index contributed by atoms with van der Waals surface area (Å²) in [4.78, 5) is 0. The van der Waals surface area contributed by atoms with E-state index >= 15 is 0 Å². The first-order chi connectivity index (χ1) is 9.08. The van der Waals surface area contributed by atoms with Gasteiger partial charge in [0.2, 0.25) is 6.79 Å². The van der Waals surface area contributed by atoms with Crippen molar-refractivity contribution in [2.24, 2.45) is 11.8 Å². The normalized spacial score (nSPS) is 29.8. The smallest absolute Gasteiger partial charge is 0.231 e. The zero-order chi connectivity index (χ0) is 13.5. The Labute approximate surface area is 114 Å². The summed E-state index contributed by atoms with van der Waals surface area (Å²) in [5.41, 5.74) is 0.283. The minimum Gasteiger partial charge on any atom is -0.454 e. The second kappa shape index (κ2) is 4.71. The maximum atomic E-state index is 10.9. The van der Waals surface area contributed by atoms with E-state index in [4.69, 9.17) is 9.47 Å². The summed E-state index contributed by atoms with van der Waals surface area (Å²) in [6.45, 7) is 4.83. The standard InChI is InChI=1S/C16H22O3/c1-11(2)12-5-7-16(17,8-6-12)13-3-4-14-15(9-13)19-10-18-14/h3-4,9,11-12,17H,5-8,10H2,1-2H3. The van der Waals surface area contributed by atoms with Gasteiger partial charge in [-0.05, 0) is 55.2 Å².